The minimum Gasteiger partial charge on any atom is -0.486 e. The molecule has 1 aromatic heterocycles. The Kier molecular flexibility index (Phi) is 3.38. The molecule has 1 aliphatic rings. The van der Waals surface area contributed by atoms with Gasteiger partial charge in [-0.05, 0) is 29.8 Å². The molecule has 0 bridgehead atoms. The highest BCUT2D eigenvalue weighted by molar-refractivity contribution is 5.55. The van der Waals surface area contributed by atoms with E-state index in [1.807, 2.05) is 30.3 Å². The molecule has 0 aliphatic carbocycles. The van der Waals surface area contributed by atoms with E-state index in [2.05, 4.69) is 10.3 Å². The predicted molar refractivity (Wildman–Crippen MR) is 73.7 cm³/mol. The highest BCUT2D eigenvalue weighted by Gasteiger charge is 2.11. The van der Waals surface area contributed by atoms with Gasteiger partial charge in [0.1, 0.15) is 25.0 Å². The van der Waals surface area contributed by atoms with E-state index in [1.165, 1.54) is 0 Å². The van der Waals surface area contributed by atoms with Crippen molar-refractivity contribution in [1.29, 1.82) is 5.26 Å². The molecular formula is C15H13N3O2. The molecule has 0 radical (unpaired) electrons. The van der Waals surface area contributed by atoms with E-state index in [4.69, 9.17) is 14.7 Å². The number of hydrogen-bond acceptors (Lipinski definition) is 5. The average molecular weight is 267 g/mol. The van der Waals surface area contributed by atoms with Gasteiger partial charge in [0.05, 0.1) is 0 Å². The van der Waals surface area contributed by atoms with Crippen LogP contribution in [0, 0.1) is 11.3 Å². The highest BCUT2D eigenvalue weighted by Crippen LogP contribution is 2.32. The molecule has 1 N–H and O–H groups in total. The first-order chi connectivity index (χ1) is 9.85. The summed E-state index contributed by atoms with van der Waals surface area (Å²) in [6.07, 6.45) is 1.64. The van der Waals surface area contributed by atoms with Gasteiger partial charge in [0.15, 0.2) is 11.5 Å². The van der Waals surface area contributed by atoms with Crippen LogP contribution in [0.4, 0.5) is 5.69 Å². The number of nitrogens with zero attached hydrogens (tertiary/aromatic N) is 2. The van der Waals surface area contributed by atoms with Crippen molar-refractivity contribution in [2.24, 2.45) is 0 Å². The number of rotatable bonds is 3. The number of nitrogens with one attached hydrogen (secondary N) is 1. The quantitative estimate of drug-likeness (QED) is 0.924. The molecule has 0 spiro atoms. The van der Waals surface area contributed by atoms with Crippen LogP contribution in [0.3, 0.4) is 0 Å². The summed E-state index contributed by atoms with van der Waals surface area (Å²) in [6.45, 7) is 1.79. The molecule has 0 saturated heterocycles. The monoisotopic (exact) mass is 267 g/mol. The molecule has 5 heteroatoms. The van der Waals surface area contributed by atoms with Crippen molar-refractivity contribution < 1.29 is 9.47 Å². The standard InChI is InChI=1S/C15H13N3O2/c16-9-13-7-11(3-4-17-13)10-18-12-1-2-14-15(8-12)20-6-5-19-14/h1-4,7-8,18H,5-6,10H2. The number of benzene rings is 1. The van der Waals surface area contributed by atoms with Gasteiger partial charge in [0, 0.05) is 24.5 Å². The first-order valence-electron chi connectivity index (χ1n) is 6.34. The summed E-state index contributed by atoms with van der Waals surface area (Å²) in [7, 11) is 0. The molecular weight excluding hydrogens is 254 g/mol. The Bertz CT molecular complexity index is 664. The number of nitriles is 1. The van der Waals surface area contributed by atoms with Gasteiger partial charge in [-0.15, -0.1) is 0 Å². The third-order valence-corrected chi connectivity index (χ3v) is 2.98. The van der Waals surface area contributed by atoms with Gasteiger partial charge in [0.25, 0.3) is 0 Å². The Morgan fingerprint density at radius 1 is 1.15 bits per heavy atom. The number of anilines is 1. The summed E-state index contributed by atoms with van der Waals surface area (Å²) in [6, 6.07) is 11.4. The molecule has 1 aliphatic heterocycles. The number of fused-ring (bicyclic) bond motifs is 1. The van der Waals surface area contributed by atoms with Gasteiger partial charge in [-0.3, -0.25) is 0 Å². The van der Waals surface area contributed by atoms with Crippen LogP contribution >= 0.6 is 0 Å². The first-order valence-corrected chi connectivity index (χ1v) is 6.34. The zero-order valence-corrected chi connectivity index (χ0v) is 10.8. The molecule has 0 atom stereocenters. The van der Waals surface area contributed by atoms with E-state index in [1.54, 1.807) is 12.3 Å². The largest absolute Gasteiger partial charge is 0.486 e. The van der Waals surface area contributed by atoms with Gasteiger partial charge >= 0.3 is 0 Å². The summed E-state index contributed by atoms with van der Waals surface area (Å²) in [5.74, 6) is 1.53. The van der Waals surface area contributed by atoms with Gasteiger partial charge in [-0.2, -0.15) is 5.26 Å². The number of hydrogen-bond donors (Lipinski definition) is 1. The second-order valence-electron chi connectivity index (χ2n) is 4.37. The fourth-order valence-corrected chi connectivity index (χ4v) is 2.00. The normalized spacial score (nSPS) is 12.6. The lowest BCUT2D eigenvalue weighted by atomic mass is 10.2. The molecule has 0 saturated carbocycles. The molecule has 1 aromatic carbocycles. The molecule has 5 nitrogen and oxygen atoms in total. The maximum absolute atomic E-state index is 8.82. The van der Waals surface area contributed by atoms with Crippen LogP contribution in [0.2, 0.25) is 0 Å². The number of ether oxygens (including phenoxy) is 2. The maximum atomic E-state index is 8.82. The molecule has 2 aromatic rings. The van der Waals surface area contributed by atoms with Crippen LogP contribution < -0.4 is 14.8 Å². The molecule has 100 valence electrons. The molecule has 0 amide bonds. The minimum atomic E-state index is 0.423. The summed E-state index contributed by atoms with van der Waals surface area (Å²) in [5.41, 5.74) is 2.38. The second-order valence-corrected chi connectivity index (χ2v) is 4.37. The third-order valence-electron chi connectivity index (χ3n) is 2.98. The molecule has 0 fully saturated rings. The van der Waals surface area contributed by atoms with E-state index in [-0.39, 0.29) is 0 Å². The van der Waals surface area contributed by atoms with Crippen LogP contribution in [0.5, 0.6) is 11.5 Å². The lowest BCUT2D eigenvalue weighted by molar-refractivity contribution is 0.171. The second kappa shape index (κ2) is 5.49. The van der Waals surface area contributed by atoms with Crippen LogP contribution in [-0.4, -0.2) is 18.2 Å². The van der Waals surface area contributed by atoms with Crippen molar-refractivity contribution in [3.05, 3.63) is 47.8 Å². The van der Waals surface area contributed by atoms with E-state index in [0.717, 1.165) is 22.7 Å². The van der Waals surface area contributed by atoms with Crippen LogP contribution in [0.1, 0.15) is 11.3 Å². The topological polar surface area (TPSA) is 67.2 Å². The highest BCUT2D eigenvalue weighted by atomic mass is 16.6. The van der Waals surface area contributed by atoms with E-state index in [0.29, 0.717) is 25.5 Å². The molecule has 3 rings (SSSR count). The predicted octanol–water partition coefficient (Wildman–Crippen LogP) is 2.34. The summed E-state index contributed by atoms with van der Waals surface area (Å²) in [4.78, 5) is 3.95. The third kappa shape index (κ3) is 2.64. The van der Waals surface area contributed by atoms with Crippen molar-refractivity contribution in [2.45, 2.75) is 6.54 Å². The molecule has 0 unspecified atom stereocenters. The van der Waals surface area contributed by atoms with Gasteiger partial charge in [0.2, 0.25) is 0 Å². The summed E-state index contributed by atoms with van der Waals surface area (Å²) >= 11 is 0. The lowest BCUT2D eigenvalue weighted by Gasteiger charge is -2.19. The summed E-state index contributed by atoms with van der Waals surface area (Å²) < 4.78 is 11.0. The van der Waals surface area contributed by atoms with Crippen molar-refractivity contribution >= 4 is 5.69 Å². The van der Waals surface area contributed by atoms with Crippen LogP contribution in [-0.2, 0) is 6.54 Å². The zero-order chi connectivity index (χ0) is 13.8. The maximum Gasteiger partial charge on any atom is 0.163 e. The molecule has 20 heavy (non-hydrogen) atoms. The first kappa shape index (κ1) is 12.3. The van der Waals surface area contributed by atoms with Crippen molar-refractivity contribution in [1.82, 2.24) is 4.98 Å². The SMILES string of the molecule is N#Cc1cc(CNc2ccc3c(c2)OCCO3)ccn1. The fraction of sp³-hybridized carbons (Fsp3) is 0.200. The van der Waals surface area contributed by atoms with Crippen molar-refractivity contribution in [3.63, 3.8) is 0 Å². The number of pyridine rings is 1. The lowest BCUT2D eigenvalue weighted by Crippen LogP contribution is -2.15. The van der Waals surface area contributed by atoms with Crippen molar-refractivity contribution in [3.8, 4) is 17.6 Å². The number of aromatic nitrogens is 1. The minimum absolute atomic E-state index is 0.423. The summed E-state index contributed by atoms with van der Waals surface area (Å²) in [5, 5.41) is 12.1. The zero-order valence-electron chi connectivity index (χ0n) is 10.8. The van der Waals surface area contributed by atoms with Crippen LogP contribution in [0.15, 0.2) is 36.5 Å². The Morgan fingerprint density at radius 3 is 2.85 bits per heavy atom. The molecule has 2 heterocycles. The Labute approximate surface area is 116 Å². The Morgan fingerprint density at radius 2 is 2.00 bits per heavy atom. The van der Waals surface area contributed by atoms with Crippen molar-refractivity contribution in [2.75, 3.05) is 18.5 Å². The van der Waals surface area contributed by atoms with Gasteiger partial charge in [-0.1, -0.05) is 0 Å². The van der Waals surface area contributed by atoms with E-state index < -0.39 is 0 Å². The Balaban J connectivity index is 1.70. The smallest absolute Gasteiger partial charge is 0.163 e. The van der Waals surface area contributed by atoms with E-state index >= 15 is 0 Å². The van der Waals surface area contributed by atoms with Crippen LogP contribution in [0.25, 0.3) is 0 Å². The fourth-order valence-electron chi connectivity index (χ4n) is 2.00. The average Bonchev–Trinajstić information content (AvgIpc) is 2.53. The Hall–Kier alpha value is -2.74. The van der Waals surface area contributed by atoms with Gasteiger partial charge < -0.3 is 14.8 Å². The van der Waals surface area contributed by atoms with Gasteiger partial charge in [-0.25, -0.2) is 4.98 Å². The van der Waals surface area contributed by atoms with E-state index in [9.17, 15) is 0 Å².